The first-order valence-corrected chi connectivity index (χ1v) is 7.16. The maximum absolute atomic E-state index is 12.2. The van der Waals surface area contributed by atoms with Crippen molar-refractivity contribution in [2.45, 2.75) is 32.2 Å². The monoisotopic (exact) mass is 277 g/mol. The van der Waals surface area contributed by atoms with Crippen molar-refractivity contribution in [1.82, 2.24) is 4.90 Å². The van der Waals surface area contributed by atoms with Gasteiger partial charge in [-0.25, -0.2) is 0 Å². The van der Waals surface area contributed by atoms with E-state index in [-0.39, 0.29) is 11.4 Å². The molecule has 1 aliphatic rings. The van der Waals surface area contributed by atoms with Crippen LogP contribution >= 0.6 is 0 Å². The fraction of sp³-hybridized carbons (Fsp3) is 0.562. The van der Waals surface area contributed by atoms with Gasteiger partial charge >= 0.3 is 0 Å². The number of benzene rings is 1. The summed E-state index contributed by atoms with van der Waals surface area (Å²) >= 11 is 0. The maximum Gasteiger partial charge on any atom is 0.223 e. The van der Waals surface area contributed by atoms with Crippen molar-refractivity contribution in [2.24, 2.45) is 0 Å². The standard InChI is InChI=1S/C16H23NO3/c1-16(2)13-19-12-10-17(16)15(18)9-6-11-20-14-7-4-3-5-8-14/h3-5,7-8H,6,9-13H2,1-2H3. The highest BCUT2D eigenvalue weighted by atomic mass is 16.5. The highest BCUT2D eigenvalue weighted by Crippen LogP contribution is 2.20. The van der Waals surface area contributed by atoms with E-state index < -0.39 is 0 Å². The molecule has 1 amide bonds. The molecule has 20 heavy (non-hydrogen) atoms. The van der Waals surface area contributed by atoms with E-state index in [1.165, 1.54) is 0 Å². The van der Waals surface area contributed by atoms with E-state index in [0.29, 0.717) is 32.8 Å². The second-order valence-corrected chi connectivity index (χ2v) is 5.68. The smallest absolute Gasteiger partial charge is 0.223 e. The second-order valence-electron chi connectivity index (χ2n) is 5.68. The van der Waals surface area contributed by atoms with Gasteiger partial charge in [0.15, 0.2) is 0 Å². The minimum atomic E-state index is -0.199. The number of hydrogen-bond acceptors (Lipinski definition) is 3. The Balaban J connectivity index is 1.72. The van der Waals surface area contributed by atoms with Crippen LogP contribution in [0.3, 0.4) is 0 Å². The molecular weight excluding hydrogens is 254 g/mol. The minimum absolute atomic E-state index is 0.190. The SMILES string of the molecule is CC1(C)COCCN1C(=O)CCCOc1ccccc1. The third-order valence-corrected chi connectivity index (χ3v) is 3.49. The summed E-state index contributed by atoms with van der Waals surface area (Å²) in [6.45, 7) is 6.59. The fourth-order valence-electron chi connectivity index (χ4n) is 2.39. The van der Waals surface area contributed by atoms with Crippen molar-refractivity contribution >= 4 is 5.91 Å². The molecule has 1 fully saturated rings. The van der Waals surface area contributed by atoms with Crippen molar-refractivity contribution in [1.29, 1.82) is 0 Å². The average Bonchev–Trinajstić information content (AvgIpc) is 2.44. The van der Waals surface area contributed by atoms with Crippen molar-refractivity contribution in [3.63, 3.8) is 0 Å². The van der Waals surface area contributed by atoms with Crippen LogP contribution in [0.15, 0.2) is 30.3 Å². The van der Waals surface area contributed by atoms with Gasteiger partial charge in [-0.05, 0) is 32.4 Å². The van der Waals surface area contributed by atoms with E-state index >= 15 is 0 Å². The Morgan fingerprint density at radius 1 is 1.35 bits per heavy atom. The van der Waals surface area contributed by atoms with Gasteiger partial charge in [0.2, 0.25) is 5.91 Å². The summed E-state index contributed by atoms with van der Waals surface area (Å²) in [5.41, 5.74) is -0.199. The van der Waals surface area contributed by atoms with E-state index in [9.17, 15) is 4.79 Å². The lowest BCUT2D eigenvalue weighted by Gasteiger charge is -2.42. The number of carbonyl (C=O) groups is 1. The van der Waals surface area contributed by atoms with Crippen LogP contribution in [0.2, 0.25) is 0 Å². The van der Waals surface area contributed by atoms with Crippen molar-refractivity contribution in [3.05, 3.63) is 30.3 Å². The van der Waals surface area contributed by atoms with E-state index in [2.05, 4.69) is 0 Å². The summed E-state index contributed by atoms with van der Waals surface area (Å²) in [5, 5.41) is 0. The number of para-hydroxylation sites is 1. The number of hydrogen-bond donors (Lipinski definition) is 0. The van der Waals surface area contributed by atoms with Gasteiger partial charge in [0.1, 0.15) is 5.75 Å². The van der Waals surface area contributed by atoms with Gasteiger partial charge in [-0.3, -0.25) is 4.79 Å². The molecule has 2 rings (SSSR count). The maximum atomic E-state index is 12.2. The fourth-order valence-corrected chi connectivity index (χ4v) is 2.39. The van der Waals surface area contributed by atoms with E-state index in [0.717, 1.165) is 12.2 Å². The van der Waals surface area contributed by atoms with Crippen LogP contribution in [0.4, 0.5) is 0 Å². The van der Waals surface area contributed by atoms with Crippen LogP contribution in [0.1, 0.15) is 26.7 Å². The molecule has 4 heteroatoms. The van der Waals surface area contributed by atoms with Gasteiger partial charge < -0.3 is 14.4 Å². The predicted octanol–water partition coefficient (Wildman–Crippen LogP) is 2.48. The molecule has 0 aliphatic carbocycles. The molecule has 0 radical (unpaired) electrons. The van der Waals surface area contributed by atoms with Gasteiger partial charge in [-0.2, -0.15) is 0 Å². The first-order chi connectivity index (χ1) is 9.59. The highest BCUT2D eigenvalue weighted by molar-refractivity contribution is 5.77. The van der Waals surface area contributed by atoms with Gasteiger partial charge in [0.25, 0.3) is 0 Å². The summed E-state index contributed by atoms with van der Waals surface area (Å²) in [5.74, 6) is 1.04. The van der Waals surface area contributed by atoms with Crippen LogP contribution in [-0.4, -0.2) is 42.7 Å². The summed E-state index contributed by atoms with van der Waals surface area (Å²) in [6.07, 6.45) is 1.26. The Labute approximate surface area is 120 Å². The zero-order valence-corrected chi connectivity index (χ0v) is 12.3. The van der Waals surface area contributed by atoms with Crippen LogP contribution in [0.25, 0.3) is 0 Å². The number of ether oxygens (including phenoxy) is 2. The van der Waals surface area contributed by atoms with Crippen LogP contribution in [-0.2, 0) is 9.53 Å². The molecule has 110 valence electrons. The summed E-state index contributed by atoms with van der Waals surface area (Å²) in [7, 11) is 0. The van der Waals surface area contributed by atoms with E-state index in [4.69, 9.17) is 9.47 Å². The minimum Gasteiger partial charge on any atom is -0.494 e. The van der Waals surface area contributed by atoms with E-state index in [1.807, 2.05) is 49.1 Å². The zero-order valence-electron chi connectivity index (χ0n) is 12.3. The average molecular weight is 277 g/mol. The normalized spacial score (nSPS) is 17.8. The van der Waals surface area contributed by atoms with Crippen LogP contribution in [0.5, 0.6) is 5.75 Å². The molecule has 1 heterocycles. The number of amides is 1. The lowest BCUT2D eigenvalue weighted by molar-refractivity contribution is -0.146. The second kappa shape index (κ2) is 6.75. The predicted molar refractivity (Wildman–Crippen MR) is 77.8 cm³/mol. The number of carbonyl (C=O) groups excluding carboxylic acids is 1. The first kappa shape index (κ1) is 14.9. The summed E-state index contributed by atoms with van der Waals surface area (Å²) < 4.78 is 11.0. The Morgan fingerprint density at radius 3 is 2.80 bits per heavy atom. The number of nitrogens with zero attached hydrogens (tertiary/aromatic N) is 1. The molecule has 0 saturated carbocycles. The largest absolute Gasteiger partial charge is 0.494 e. The third-order valence-electron chi connectivity index (χ3n) is 3.49. The van der Waals surface area contributed by atoms with Gasteiger partial charge in [0, 0.05) is 13.0 Å². The number of rotatable bonds is 5. The van der Waals surface area contributed by atoms with Crippen molar-refractivity contribution in [2.75, 3.05) is 26.4 Å². The lowest BCUT2D eigenvalue weighted by atomic mass is 10.0. The Morgan fingerprint density at radius 2 is 2.10 bits per heavy atom. The molecule has 0 aromatic heterocycles. The number of morpholine rings is 1. The third kappa shape index (κ3) is 3.97. The molecule has 4 nitrogen and oxygen atoms in total. The lowest BCUT2D eigenvalue weighted by Crippen LogP contribution is -2.55. The molecule has 1 saturated heterocycles. The summed E-state index contributed by atoms with van der Waals surface area (Å²) in [4.78, 5) is 14.2. The topological polar surface area (TPSA) is 38.8 Å². The molecular formula is C16H23NO3. The Hall–Kier alpha value is -1.55. The summed E-state index contributed by atoms with van der Waals surface area (Å²) in [6, 6.07) is 9.68. The molecule has 1 aliphatic heterocycles. The molecule has 0 bridgehead atoms. The van der Waals surface area contributed by atoms with Crippen molar-refractivity contribution < 1.29 is 14.3 Å². The van der Waals surface area contributed by atoms with Crippen LogP contribution in [0, 0.1) is 0 Å². The molecule has 0 spiro atoms. The molecule has 1 aromatic carbocycles. The van der Waals surface area contributed by atoms with Gasteiger partial charge in [-0.1, -0.05) is 18.2 Å². The van der Waals surface area contributed by atoms with Crippen molar-refractivity contribution in [3.8, 4) is 5.75 Å². The zero-order chi connectivity index (χ0) is 14.4. The van der Waals surface area contributed by atoms with E-state index in [1.54, 1.807) is 0 Å². The quantitative estimate of drug-likeness (QED) is 0.776. The molecule has 1 aromatic rings. The molecule has 0 N–H and O–H groups in total. The molecule has 0 atom stereocenters. The molecule has 0 unspecified atom stereocenters. The van der Waals surface area contributed by atoms with Crippen LogP contribution < -0.4 is 4.74 Å². The first-order valence-electron chi connectivity index (χ1n) is 7.16. The Bertz CT molecular complexity index is 431. The Kier molecular flexibility index (Phi) is 5.01. The highest BCUT2D eigenvalue weighted by Gasteiger charge is 2.33. The van der Waals surface area contributed by atoms with Gasteiger partial charge in [0.05, 0.1) is 25.4 Å². The van der Waals surface area contributed by atoms with Gasteiger partial charge in [-0.15, -0.1) is 0 Å².